The topological polar surface area (TPSA) is 77.3 Å². The van der Waals surface area contributed by atoms with Crippen LogP contribution in [0.2, 0.25) is 0 Å². The molecule has 1 amide bonds. The monoisotopic (exact) mass is 296 g/mol. The Balaban J connectivity index is 3.21. The van der Waals surface area contributed by atoms with E-state index in [1.807, 2.05) is 27.7 Å². The Labute approximate surface area is 125 Å². The molecule has 1 aromatic heterocycles. The van der Waals surface area contributed by atoms with Gasteiger partial charge in [-0.05, 0) is 26.7 Å². The second-order valence-corrected chi connectivity index (χ2v) is 5.10. The maximum atomic E-state index is 12.5. The Morgan fingerprint density at radius 2 is 1.81 bits per heavy atom. The van der Waals surface area contributed by atoms with Crippen molar-refractivity contribution in [2.75, 3.05) is 20.2 Å². The van der Waals surface area contributed by atoms with Crippen LogP contribution >= 0.6 is 0 Å². The number of carbonyl (C=O) groups is 2. The molecule has 0 fully saturated rings. The lowest BCUT2D eigenvalue weighted by molar-refractivity contribution is -0.134. The first-order valence-electron chi connectivity index (χ1n) is 7.21. The summed E-state index contributed by atoms with van der Waals surface area (Å²) in [5.41, 5.74) is 0.793. The number of ether oxygens (including phenoxy) is 1. The summed E-state index contributed by atoms with van der Waals surface area (Å²) >= 11 is 0. The third-order valence-electron chi connectivity index (χ3n) is 3.46. The van der Waals surface area contributed by atoms with E-state index in [-0.39, 0.29) is 17.5 Å². The van der Waals surface area contributed by atoms with Gasteiger partial charge in [0.15, 0.2) is 5.69 Å². The van der Waals surface area contributed by atoms with Crippen LogP contribution in [0.15, 0.2) is 0 Å². The van der Waals surface area contributed by atoms with Crippen molar-refractivity contribution in [3.8, 4) is 0 Å². The molecular weight excluding hydrogens is 272 g/mol. The van der Waals surface area contributed by atoms with Crippen molar-refractivity contribution in [3.63, 3.8) is 0 Å². The van der Waals surface area contributed by atoms with Crippen LogP contribution in [-0.2, 0) is 9.53 Å². The number of carbonyl (C=O) groups excluding carboxylic acids is 2. The summed E-state index contributed by atoms with van der Waals surface area (Å²) < 4.78 is 6.25. The number of esters is 1. The molecule has 7 heteroatoms. The Kier molecular flexibility index (Phi) is 5.87. The van der Waals surface area contributed by atoms with Crippen molar-refractivity contribution in [1.29, 1.82) is 0 Å². The van der Waals surface area contributed by atoms with Gasteiger partial charge in [-0.2, -0.15) is 0 Å². The van der Waals surface area contributed by atoms with Crippen molar-refractivity contribution < 1.29 is 14.3 Å². The molecule has 1 rings (SSSR count). The predicted octanol–water partition coefficient (Wildman–Crippen LogP) is 1.62. The van der Waals surface area contributed by atoms with Gasteiger partial charge in [0.1, 0.15) is 6.04 Å². The number of nitrogens with zero attached hydrogens (tertiary/aromatic N) is 4. The first-order valence-corrected chi connectivity index (χ1v) is 7.21. The van der Waals surface area contributed by atoms with Crippen LogP contribution in [0.25, 0.3) is 0 Å². The summed E-state index contributed by atoms with van der Waals surface area (Å²) in [5.74, 6) is -0.572. The van der Waals surface area contributed by atoms with Gasteiger partial charge in [-0.25, -0.2) is 9.48 Å². The number of likely N-dealkylation sites (N-methyl/N-ethyl adjacent to an activating group) is 1. The molecule has 0 aliphatic heterocycles. The second kappa shape index (κ2) is 7.19. The van der Waals surface area contributed by atoms with Crippen molar-refractivity contribution in [2.45, 2.75) is 46.6 Å². The molecule has 1 aromatic rings. The number of aromatic nitrogens is 3. The van der Waals surface area contributed by atoms with E-state index in [9.17, 15) is 9.59 Å². The van der Waals surface area contributed by atoms with Crippen LogP contribution in [0.3, 0.4) is 0 Å². The fourth-order valence-electron chi connectivity index (χ4n) is 2.27. The van der Waals surface area contributed by atoms with Gasteiger partial charge in [-0.15, -0.1) is 5.10 Å². The van der Waals surface area contributed by atoms with Crippen LogP contribution in [0, 0.1) is 0 Å². The molecule has 21 heavy (non-hydrogen) atoms. The van der Waals surface area contributed by atoms with E-state index in [1.54, 1.807) is 11.8 Å². The van der Waals surface area contributed by atoms with Gasteiger partial charge in [-0.1, -0.05) is 19.1 Å². The highest BCUT2D eigenvalue weighted by Gasteiger charge is 2.29. The normalized spacial score (nSPS) is 12.3. The molecule has 0 radical (unpaired) electrons. The average molecular weight is 296 g/mol. The van der Waals surface area contributed by atoms with Crippen LogP contribution in [-0.4, -0.2) is 52.0 Å². The standard InChI is InChI=1S/C14H24N4O3/c1-7-17(8-2)13(19)10(5)18-12(9(3)4)11(15-16-18)14(20)21-6/h9-10H,7-8H2,1-6H3. The largest absolute Gasteiger partial charge is 0.464 e. The van der Waals surface area contributed by atoms with Gasteiger partial charge in [0.25, 0.3) is 0 Å². The zero-order chi connectivity index (χ0) is 16.2. The molecule has 0 aromatic carbocycles. The summed E-state index contributed by atoms with van der Waals surface area (Å²) in [6, 6.07) is -0.506. The highest BCUT2D eigenvalue weighted by molar-refractivity contribution is 5.88. The first-order chi connectivity index (χ1) is 9.88. The summed E-state index contributed by atoms with van der Waals surface area (Å²) in [7, 11) is 1.30. The minimum Gasteiger partial charge on any atom is -0.464 e. The lowest BCUT2D eigenvalue weighted by Gasteiger charge is -2.24. The predicted molar refractivity (Wildman–Crippen MR) is 78.1 cm³/mol. The molecule has 0 aliphatic rings. The zero-order valence-corrected chi connectivity index (χ0v) is 13.6. The zero-order valence-electron chi connectivity index (χ0n) is 13.6. The fourth-order valence-corrected chi connectivity index (χ4v) is 2.27. The average Bonchev–Trinajstić information content (AvgIpc) is 2.91. The number of hydrogen-bond acceptors (Lipinski definition) is 5. The molecule has 1 heterocycles. The summed E-state index contributed by atoms with van der Waals surface area (Å²) in [6.45, 7) is 10.7. The minimum atomic E-state index is -0.535. The highest BCUT2D eigenvalue weighted by atomic mass is 16.5. The van der Waals surface area contributed by atoms with Gasteiger partial charge >= 0.3 is 5.97 Å². The molecule has 1 unspecified atom stereocenters. The third kappa shape index (κ3) is 3.40. The van der Waals surface area contributed by atoms with E-state index in [1.165, 1.54) is 11.8 Å². The maximum Gasteiger partial charge on any atom is 0.360 e. The van der Waals surface area contributed by atoms with Gasteiger partial charge < -0.3 is 9.64 Å². The van der Waals surface area contributed by atoms with Gasteiger partial charge in [0, 0.05) is 13.1 Å². The molecule has 0 saturated carbocycles. The van der Waals surface area contributed by atoms with Crippen molar-refractivity contribution in [3.05, 3.63) is 11.4 Å². The molecule has 0 saturated heterocycles. The number of amides is 1. The van der Waals surface area contributed by atoms with E-state index >= 15 is 0 Å². The van der Waals surface area contributed by atoms with Crippen molar-refractivity contribution >= 4 is 11.9 Å². The second-order valence-electron chi connectivity index (χ2n) is 5.10. The quantitative estimate of drug-likeness (QED) is 0.745. The lowest BCUT2D eigenvalue weighted by atomic mass is 10.1. The SMILES string of the molecule is CCN(CC)C(=O)C(C)n1nnc(C(=O)OC)c1C(C)C. The Morgan fingerprint density at radius 1 is 1.24 bits per heavy atom. The lowest BCUT2D eigenvalue weighted by Crippen LogP contribution is -2.37. The van der Waals surface area contributed by atoms with E-state index in [0.29, 0.717) is 18.8 Å². The van der Waals surface area contributed by atoms with Crippen LogP contribution in [0.1, 0.15) is 62.8 Å². The minimum absolute atomic E-state index is 0.000975. The molecule has 0 bridgehead atoms. The first kappa shape index (κ1) is 17.1. The highest BCUT2D eigenvalue weighted by Crippen LogP contribution is 2.22. The van der Waals surface area contributed by atoms with Crippen molar-refractivity contribution in [1.82, 2.24) is 19.9 Å². The van der Waals surface area contributed by atoms with Crippen LogP contribution < -0.4 is 0 Å². The number of methoxy groups -OCH3 is 1. The molecule has 0 N–H and O–H groups in total. The molecule has 1 atom stereocenters. The third-order valence-corrected chi connectivity index (χ3v) is 3.46. The fraction of sp³-hybridized carbons (Fsp3) is 0.714. The molecule has 0 spiro atoms. The molecule has 7 nitrogen and oxygen atoms in total. The molecule has 118 valence electrons. The summed E-state index contributed by atoms with van der Waals surface area (Å²) in [5, 5.41) is 7.89. The van der Waals surface area contributed by atoms with Gasteiger partial charge in [-0.3, -0.25) is 4.79 Å². The van der Waals surface area contributed by atoms with E-state index in [0.717, 1.165) is 0 Å². The van der Waals surface area contributed by atoms with Gasteiger partial charge in [0.05, 0.1) is 12.8 Å². The smallest absolute Gasteiger partial charge is 0.360 e. The van der Waals surface area contributed by atoms with Crippen LogP contribution in [0.4, 0.5) is 0 Å². The van der Waals surface area contributed by atoms with Crippen molar-refractivity contribution in [2.24, 2.45) is 0 Å². The van der Waals surface area contributed by atoms with Gasteiger partial charge in [0.2, 0.25) is 5.91 Å². The summed E-state index contributed by atoms with van der Waals surface area (Å²) in [6.07, 6.45) is 0. The number of rotatable bonds is 6. The van der Waals surface area contributed by atoms with Crippen LogP contribution in [0.5, 0.6) is 0 Å². The molecule has 0 aliphatic carbocycles. The Morgan fingerprint density at radius 3 is 2.24 bits per heavy atom. The Bertz CT molecular complexity index is 506. The van der Waals surface area contributed by atoms with E-state index < -0.39 is 12.0 Å². The Hall–Kier alpha value is -1.92. The maximum absolute atomic E-state index is 12.5. The summed E-state index contributed by atoms with van der Waals surface area (Å²) in [4.78, 5) is 25.9. The number of hydrogen-bond donors (Lipinski definition) is 0. The van der Waals surface area contributed by atoms with E-state index in [2.05, 4.69) is 10.3 Å². The molecular formula is C14H24N4O3. The van der Waals surface area contributed by atoms with E-state index in [4.69, 9.17) is 4.74 Å².